The molecule has 6 heteroatoms. The van der Waals surface area contributed by atoms with Crippen LogP contribution in [0.3, 0.4) is 0 Å². The normalized spacial score (nSPS) is 11.9. The van der Waals surface area contributed by atoms with Gasteiger partial charge in [-0.2, -0.15) is 4.89 Å². The standard InChI is InChI=1S/C26H34O6/c1-25(2,21-30-32-23-13-9-6-10-14-23)15-17-28-19-20-29-18-16-26(3,4)24(27)31-22-11-7-5-8-12-22/h5-14,19-20H,15-18,21H2,1-4H3. The van der Waals surface area contributed by atoms with Crippen molar-refractivity contribution in [2.24, 2.45) is 10.8 Å². The van der Waals surface area contributed by atoms with E-state index in [0.29, 0.717) is 37.7 Å². The Balaban J connectivity index is 1.56. The number of ether oxygens (including phenoxy) is 3. The largest absolute Gasteiger partial charge is 0.498 e. The fraction of sp³-hybridized carbons (Fsp3) is 0.423. The maximum Gasteiger partial charge on any atom is 0.317 e. The van der Waals surface area contributed by atoms with E-state index in [1.807, 2.05) is 62.4 Å². The molecule has 0 aliphatic heterocycles. The molecular weight excluding hydrogens is 408 g/mol. The summed E-state index contributed by atoms with van der Waals surface area (Å²) < 4.78 is 16.4. The number of esters is 1. The zero-order valence-corrected chi connectivity index (χ0v) is 19.4. The molecule has 0 atom stereocenters. The molecule has 0 saturated carbocycles. The first-order chi connectivity index (χ1) is 15.3. The van der Waals surface area contributed by atoms with Crippen molar-refractivity contribution in [1.82, 2.24) is 0 Å². The highest BCUT2D eigenvalue weighted by molar-refractivity contribution is 5.78. The van der Waals surface area contributed by atoms with E-state index in [4.69, 9.17) is 24.0 Å². The third-order valence-electron chi connectivity index (χ3n) is 4.84. The average Bonchev–Trinajstić information content (AvgIpc) is 2.77. The topological polar surface area (TPSA) is 63.2 Å². The van der Waals surface area contributed by atoms with Crippen LogP contribution in [0, 0.1) is 10.8 Å². The molecule has 0 spiro atoms. The number of rotatable bonds is 14. The van der Waals surface area contributed by atoms with Gasteiger partial charge >= 0.3 is 5.97 Å². The Morgan fingerprint density at radius 2 is 1.31 bits per heavy atom. The quantitative estimate of drug-likeness (QED) is 0.0901. The van der Waals surface area contributed by atoms with Gasteiger partial charge in [-0.1, -0.05) is 50.2 Å². The van der Waals surface area contributed by atoms with Crippen LogP contribution < -0.4 is 9.62 Å². The maximum absolute atomic E-state index is 12.3. The average molecular weight is 443 g/mol. The van der Waals surface area contributed by atoms with Crippen molar-refractivity contribution in [2.75, 3.05) is 19.8 Å². The minimum atomic E-state index is -0.656. The molecule has 32 heavy (non-hydrogen) atoms. The summed E-state index contributed by atoms with van der Waals surface area (Å²) >= 11 is 0. The summed E-state index contributed by atoms with van der Waals surface area (Å²) in [7, 11) is 0. The number of para-hydroxylation sites is 2. The van der Waals surface area contributed by atoms with Gasteiger partial charge in [0.05, 0.1) is 25.2 Å². The lowest BCUT2D eigenvalue weighted by Crippen LogP contribution is -2.30. The number of carbonyl (C=O) groups excluding carboxylic acids is 1. The van der Waals surface area contributed by atoms with Gasteiger partial charge in [-0.05, 0) is 56.4 Å². The minimum Gasteiger partial charge on any atom is -0.498 e. The summed E-state index contributed by atoms with van der Waals surface area (Å²) in [6, 6.07) is 18.4. The van der Waals surface area contributed by atoms with E-state index in [-0.39, 0.29) is 11.4 Å². The lowest BCUT2D eigenvalue weighted by Gasteiger charge is -2.23. The first kappa shape index (κ1) is 25.3. The Kier molecular flexibility index (Phi) is 10.1. The van der Waals surface area contributed by atoms with Crippen LogP contribution >= 0.6 is 0 Å². The van der Waals surface area contributed by atoms with Crippen LogP contribution in [0.1, 0.15) is 40.5 Å². The van der Waals surface area contributed by atoms with E-state index in [1.54, 1.807) is 12.1 Å². The summed E-state index contributed by atoms with van der Waals surface area (Å²) in [6.45, 7) is 9.20. The Morgan fingerprint density at radius 3 is 1.91 bits per heavy atom. The molecule has 174 valence electrons. The van der Waals surface area contributed by atoms with Crippen LogP contribution in [-0.4, -0.2) is 25.8 Å². The van der Waals surface area contributed by atoms with E-state index in [1.165, 1.54) is 12.5 Å². The van der Waals surface area contributed by atoms with Gasteiger partial charge in [-0.15, -0.1) is 0 Å². The second-order valence-corrected chi connectivity index (χ2v) is 8.92. The van der Waals surface area contributed by atoms with Crippen molar-refractivity contribution in [3.63, 3.8) is 0 Å². The Bertz CT molecular complexity index is 815. The molecule has 0 heterocycles. The predicted octanol–water partition coefficient (Wildman–Crippen LogP) is 5.94. The van der Waals surface area contributed by atoms with Crippen molar-refractivity contribution >= 4 is 5.97 Å². The highest BCUT2D eigenvalue weighted by Crippen LogP contribution is 2.24. The fourth-order valence-corrected chi connectivity index (χ4v) is 2.50. The number of benzene rings is 2. The molecule has 0 fully saturated rings. The van der Waals surface area contributed by atoms with Crippen molar-refractivity contribution in [1.29, 1.82) is 0 Å². The third kappa shape index (κ3) is 9.88. The summed E-state index contributed by atoms with van der Waals surface area (Å²) in [6.07, 6.45) is 4.33. The SMILES string of the molecule is CC(C)(CCOC=COCCC(C)(C)C(=O)Oc1ccccc1)COOc1ccccc1. The van der Waals surface area contributed by atoms with E-state index >= 15 is 0 Å². The molecular formula is C26H34O6. The maximum atomic E-state index is 12.3. The third-order valence-corrected chi connectivity index (χ3v) is 4.84. The van der Waals surface area contributed by atoms with Gasteiger partial charge in [-0.25, -0.2) is 0 Å². The monoisotopic (exact) mass is 442 g/mol. The Morgan fingerprint density at radius 1 is 0.781 bits per heavy atom. The first-order valence-corrected chi connectivity index (χ1v) is 10.8. The molecule has 0 aliphatic carbocycles. The summed E-state index contributed by atoms with van der Waals surface area (Å²) in [5.74, 6) is 0.934. The molecule has 0 radical (unpaired) electrons. The second-order valence-electron chi connectivity index (χ2n) is 8.92. The first-order valence-electron chi connectivity index (χ1n) is 10.8. The highest BCUT2D eigenvalue weighted by atomic mass is 17.2. The molecule has 2 rings (SSSR count). The smallest absolute Gasteiger partial charge is 0.317 e. The van der Waals surface area contributed by atoms with Crippen LogP contribution in [0.2, 0.25) is 0 Å². The zero-order chi connectivity index (χ0) is 23.3. The summed E-state index contributed by atoms with van der Waals surface area (Å²) in [5.41, 5.74) is -0.761. The van der Waals surface area contributed by atoms with Crippen LogP contribution in [-0.2, 0) is 19.2 Å². The van der Waals surface area contributed by atoms with E-state index < -0.39 is 5.41 Å². The molecule has 6 nitrogen and oxygen atoms in total. The lowest BCUT2D eigenvalue weighted by molar-refractivity contribution is -0.227. The summed E-state index contributed by atoms with van der Waals surface area (Å²) in [5, 5.41) is 0. The van der Waals surface area contributed by atoms with Crippen LogP contribution in [0.15, 0.2) is 73.2 Å². The molecule has 0 unspecified atom stereocenters. The van der Waals surface area contributed by atoms with Crippen LogP contribution in [0.4, 0.5) is 0 Å². The molecule has 0 saturated heterocycles. The van der Waals surface area contributed by atoms with Gasteiger partial charge in [0.15, 0.2) is 5.75 Å². The van der Waals surface area contributed by atoms with Gasteiger partial charge < -0.3 is 19.1 Å². The predicted molar refractivity (Wildman–Crippen MR) is 123 cm³/mol. The van der Waals surface area contributed by atoms with E-state index in [0.717, 1.165) is 6.42 Å². The number of hydrogen-bond acceptors (Lipinski definition) is 6. The summed E-state index contributed by atoms with van der Waals surface area (Å²) in [4.78, 5) is 23.0. The molecule has 0 amide bonds. The van der Waals surface area contributed by atoms with E-state index in [2.05, 4.69) is 13.8 Å². The molecule has 2 aromatic rings. The van der Waals surface area contributed by atoms with Gasteiger partial charge in [0, 0.05) is 0 Å². The Hall–Kier alpha value is -2.99. The van der Waals surface area contributed by atoms with Crippen LogP contribution in [0.5, 0.6) is 11.5 Å². The Labute approximate surface area is 191 Å². The fourth-order valence-electron chi connectivity index (χ4n) is 2.50. The van der Waals surface area contributed by atoms with Gasteiger partial charge in [0.2, 0.25) is 0 Å². The van der Waals surface area contributed by atoms with Crippen molar-refractivity contribution in [2.45, 2.75) is 40.5 Å². The highest BCUT2D eigenvalue weighted by Gasteiger charge is 2.29. The number of hydrogen-bond donors (Lipinski definition) is 0. The van der Waals surface area contributed by atoms with E-state index in [9.17, 15) is 4.79 Å². The molecule has 2 aromatic carbocycles. The second kappa shape index (κ2) is 12.8. The van der Waals surface area contributed by atoms with Crippen molar-refractivity contribution in [3.8, 4) is 11.5 Å². The van der Waals surface area contributed by atoms with Gasteiger partial charge in [0.1, 0.15) is 18.3 Å². The molecule has 0 aliphatic rings. The molecule has 0 bridgehead atoms. The van der Waals surface area contributed by atoms with Gasteiger partial charge in [-0.3, -0.25) is 4.79 Å². The molecule has 0 aromatic heterocycles. The zero-order valence-electron chi connectivity index (χ0n) is 19.4. The molecule has 0 N–H and O–H groups in total. The minimum absolute atomic E-state index is 0.105. The van der Waals surface area contributed by atoms with Gasteiger partial charge in [0.25, 0.3) is 0 Å². The van der Waals surface area contributed by atoms with Crippen molar-refractivity contribution < 1.29 is 28.8 Å². The lowest BCUT2D eigenvalue weighted by atomic mass is 9.90. The van der Waals surface area contributed by atoms with Crippen molar-refractivity contribution in [3.05, 3.63) is 73.2 Å². The van der Waals surface area contributed by atoms with Crippen LogP contribution in [0.25, 0.3) is 0 Å². The number of carbonyl (C=O) groups is 1.